The van der Waals surface area contributed by atoms with Crippen molar-refractivity contribution in [3.63, 3.8) is 0 Å². The molecule has 0 N–H and O–H groups in total. The summed E-state index contributed by atoms with van der Waals surface area (Å²) in [5.41, 5.74) is 2.20. The van der Waals surface area contributed by atoms with E-state index < -0.39 is 0 Å². The normalized spacial score (nSPS) is 12.2. The van der Waals surface area contributed by atoms with Gasteiger partial charge in [-0.05, 0) is 25.5 Å². The van der Waals surface area contributed by atoms with Crippen LogP contribution < -0.4 is 0 Å². The number of amides is 1. The third kappa shape index (κ3) is 3.35. The van der Waals surface area contributed by atoms with E-state index in [0.717, 1.165) is 22.9 Å². The Bertz CT molecular complexity index is 926. The van der Waals surface area contributed by atoms with Crippen molar-refractivity contribution < 1.29 is 4.79 Å². The Morgan fingerprint density at radius 1 is 1.12 bits per heavy atom. The summed E-state index contributed by atoms with van der Waals surface area (Å²) in [6, 6.07) is 15.3. The number of carbonyl (C=O) groups excluding carboxylic acids is 1. The first-order chi connectivity index (χ1) is 12.0. The van der Waals surface area contributed by atoms with Crippen molar-refractivity contribution >= 4 is 28.4 Å². The lowest BCUT2D eigenvalue weighted by molar-refractivity contribution is 0.0728. The summed E-state index contributed by atoms with van der Waals surface area (Å²) in [5.74, 6) is 0.00447. The van der Waals surface area contributed by atoms with E-state index >= 15 is 0 Å². The van der Waals surface area contributed by atoms with Gasteiger partial charge in [-0.3, -0.25) is 4.79 Å². The summed E-state index contributed by atoms with van der Waals surface area (Å²) in [4.78, 5) is 23.6. The molecule has 0 aliphatic carbocycles. The SMILES string of the molecule is CCC(C)N([11CH3])C(=O)c1nc(-c2ccccc2Cl)c2ccccc2n1. The topological polar surface area (TPSA) is 46.1 Å². The summed E-state index contributed by atoms with van der Waals surface area (Å²) in [6.07, 6.45) is 0.868. The Morgan fingerprint density at radius 3 is 2.52 bits per heavy atom. The highest BCUT2D eigenvalue weighted by Gasteiger charge is 2.21. The van der Waals surface area contributed by atoms with Crippen LogP contribution in [0.2, 0.25) is 5.02 Å². The molecule has 1 heterocycles. The van der Waals surface area contributed by atoms with Gasteiger partial charge >= 0.3 is 0 Å². The van der Waals surface area contributed by atoms with E-state index in [1.165, 1.54) is 0 Å². The second-order valence-corrected chi connectivity index (χ2v) is 6.47. The number of nitrogens with zero attached hydrogens (tertiary/aromatic N) is 3. The fourth-order valence-electron chi connectivity index (χ4n) is 2.66. The molecule has 128 valence electrons. The Hall–Kier alpha value is -2.46. The quantitative estimate of drug-likeness (QED) is 0.676. The summed E-state index contributed by atoms with van der Waals surface area (Å²) in [5, 5.41) is 1.47. The number of para-hydroxylation sites is 1. The number of aromatic nitrogens is 2. The number of fused-ring (bicyclic) bond motifs is 1. The van der Waals surface area contributed by atoms with Crippen LogP contribution in [0, 0.1) is 0 Å². The standard InChI is InChI=1S/C20H20ClN3O/c1-4-13(2)24(3)20(25)19-22-17-12-8-6-10-15(17)18(23-19)14-9-5-7-11-16(14)21/h5-13H,4H2,1-3H3/i3-1. The molecular formula is C20H20ClN3O. The lowest BCUT2D eigenvalue weighted by Crippen LogP contribution is -2.35. The van der Waals surface area contributed by atoms with Crippen LogP contribution in [-0.2, 0) is 0 Å². The van der Waals surface area contributed by atoms with Gasteiger partial charge in [-0.1, -0.05) is 54.9 Å². The van der Waals surface area contributed by atoms with Gasteiger partial charge in [0, 0.05) is 29.1 Å². The predicted molar refractivity (Wildman–Crippen MR) is 102 cm³/mol. The van der Waals surface area contributed by atoms with E-state index in [4.69, 9.17) is 11.6 Å². The number of hydrogen-bond donors (Lipinski definition) is 0. The minimum Gasteiger partial charge on any atom is -0.336 e. The predicted octanol–water partition coefficient (Wildman–Crippen LogP) is 4.82. The van der Waals surface area contributed by atoms with E-state index in [0.29, 0.717) is 10.7 Å². The third-order valence-corrected chi connectivity index (χ3v) is 4.83. The molecule has 1 atom stereocenters. The van der Waals surface area contributed by atoms with Crippen LogP contribution >= 0.6 is 11.6 Å². The highest BCUT2D eigenvalue weighted by molar-refractivity contribution is 6.33. The maximum Gasteiger partial charge on any atom is 0.291 e. The van der Waals surface area contributed by atoms with Crippen LogP contribution in [0.15, 0.2) is 48.5 Å². The number of rotatable bonds is 4. The second-order valence-electron chi connectivity index (χ2n) is 6.07. The van der Waals surface area contributed by atoms with Gasteiger partial charge in [0.05, 0.1) is 11.2 Å². The van der Waals surface area contributed by atoms with Gasteiger partial charge in [-0.2, -0.15) is 0 Å². The van der Waals surface area contributed by atoms with Gasteiger partial charge in [-0.25, -0.2) is 9.97 Å². The summed E-state index contributed by atoms with van der Waals surface area (Å²) < 4.78 is 0. The zero-order valence-corrected chi connectivity index (χ0v) is 15.3. The van der Waals surface area contributed by atoms with Crippen molar-refractivity contribution in [2.24, 2.45) is 0 Å². The van der Waals surface area contributed by atoms with Crippen molar-refractivity contribution in [3.8, 4) is 11.3 Å². The molecule has 1 unspecified atom stereocenters. The van der Waals surface area contributed by atoms with Crippen LogP contribution in [0.3, 0.4) is 0 Å². The van der Waals surface area contributed by atoms with Crippen molar-refractivity contribution in [2.45, 2.75) is 26.3 Å². The molecule has 0 saturated carbocycles. The molecule has 3 aromatic rings. The molecule has 2 aromatic carbocycles. The van der Waals surface area contributed by atoms with E-state index in [1.807, 2.05) is 62.4 Å². The molecule has 3 rings (SSSR count). The highest BCUT2D eigenvalue weighted by atomic mass is 35.5. The van der Waals surface area contributed by atoms with E-state index in [1.54, 1.807) is 11.9 Å². The number of hydrogen-bond acceptors (Lipinski definition) is 3. The van der Waals surface area contributed by atoms with Crippen molar-refractivity contribution in [1.29, 1.82) is 0 Å². The van der Waals surface area contributed by atoms with Crippen molar-refractivity contribution in [2.75, 3.05) is 7.05 Å². The minimum absolute atomic E-state index is 0.117. The molecule has 0 aliphatic rings. The fourth-order valence-corrected chi connectivity index (χ4v) is 2.89. The highest BCUT2D eigenvalue weighted by Crippen LogP contribution is 2.31. The molecule has 5 heteroatoms. The zero-order chi connectivity index (χ0) is 18.0. The maximum atomic E-state index is 12.8. The van der Waals surface area contributed by atoms with Crippen LogP contribution in [0.4, 0.5) is 0 Å². The molecule has 0 spiro atoms. The molecule has 0 radical (unpaired) electrons. The minimum atomic E-state index is -0.187. The molecule has 0 aliphatic heterocycles. The monoisotopic (exact) mass is 352 g/mol. The van der Waals surface area contributed by atoms with E-state index in [2.05, 4.69) is 9.97 Å². The zero-order valence-electron chi connectivity index (χ0n) is 14.5. The first kappa shape index (κ1) is 17.4. The van der Waals surface area contributed by atoms with Gasteiger partial charge in [0.15, 0.2) is 0 Å². The van der Waals surface area contributed by atoms with Crippen molar-refractivity contribution in [3.05, 3.63) is 59.4 Å². The van der Waals surface area contributed by atoms with Crippen LogP contribution in [0.25, 0.3) is 22.2 Å². The van der Waals surface area contributed by atoms with Crippen LogP contribution in [0.1, 0.15) is 30.9 Å². The number of benzene rings is 2. The van der Waals surface area contributed by atoms with Gasteiger partial charge in [0.2, 0.25) is 5.82 Å². The molecule has 0 fully saturated rings. The molecular weight excluding hydrogens is 333 g/mol. The van der Waals surface area contributed by atoms with E-state index in [9.17, 15) is 4.79 Å². The number of carbonyl (C=O) groups is 1. The Labute approximate surface area is 152 Å². The smallest absolute Gasteiger partial charge is 0.291 e. The molecule has 4 nitrogen and oxygen atoms in total. The average Bonchev–Trinajstić information content (AvgIpc) is 2.65. The van der Waals surface area contributed by atoms with Gasteiger partial charge in [0.25, 0.3) is 5.91 Å². The van der Waals surface area contributed by atoms with Gasteiger partial charge in [-0.15, -0.1) is 0 Å². The Balaban J connectivity index is 2.20. The number of halogens is 1. The van der Waals surface area contributed by atoms with Gasteiger partial charge < -0.3 is 4.90 Å². The maximum absolute atomic E-state index is 12.8. The Kier molecular flexibility index (Phi) is 5.00. The lowest BCUT2D eigenvalue weighted by atomic mass is 10.1. The first-order valence-electron chi connectivity index (χ1n) is 8.31. The third-order valence-electron chi connectivity index (χ3n) is 4.50. The molecule has 25 heavy (non-hydrogen) atoms. The molecule has 1 amide bonds. The average molecular weight is 353 g/mol. The van der Waals surface area contributed by atoms with Crippen LogP contribution in [-0.4, -0.2) is 33.9 Å². The molecule has 0 bridgehead atoms. The second kappa shape index (κ2) is 7.19. The molecule has 0 saturated heterocycles. The summed E-state index contributed by atoms with van der Waals surface area (Å²) in [7, 11) is 1.78. The largest absolute Gasteiger partial charge is 0.336 e. The van der Waals surface area contributed by atoms with Gasteiger partial charge in [0.1, 0.15) is 0 Å². The van der Waals surface area contributed by atoms with E-state index in [-0.39, 0.29) is 17.8 Å². The summed E-state index contributed by atoms with van der Waals surface area (Å²) >= 11 is 6.37. The fraction of sp³-hybridized carbons (Fsp3) is 0.250. The molecule has 1 aromatic heterocycles. The summed E-state index contributed by atoms with van der Waals surface area (Å²) in [6.45, 7) is 4.05. The lowest BCUT2D eigenvalue weighted by Gasteiger charge is -2.23. The first-order valence-corrected chi connectivity index (χ1v) is 8.69. The van der Waals surface area contributed by atoms with Crippen molar-refractivity contribution in [1.82, 2.24) is 14.9 Å². The van der Waals surface area contributed by atoms with Crippen LogP contribution in [0.5, 0.6) is 0 Å². The Morgan fingerprint density at radius 2 is 1.80 bits per heavy atom.